The van der Waals surface area contributed by atoms with E-state index in [4.69, 9.17) is 0 Å². The van der Waals surface area contributed by atoms with E-state index in [2.05, 4.69) is 30.7 Å². The normalized spacial score (nSPS) is 10.6. The minimum atomic E-state index is 0.0345. The van der Waals surface area contributed by atoms with Crippen LogP contribution in [0.15, 0.2) is 5.38 Å². The minimum absolute atomic E-state index is 0.0345. The van der Waals surface area contributed by atoms with Gasteiger partial charge in [0.2, 0.25) is 0 Å². The first-order chi connectivity index (χ1) is 6.56. The highest BCUT2D eigenvalue weighted by molar-refractivity contribution is 7.13. The Hall–Kier alpha value is -0.900. The molecule has 3 nitrogen and oxygen atoms in total. The van der Waals surface area contributed by atoms with Gasteiger partial charge in [0.1, 0.15) is 5.69 Å². The molecule has 0 aliphatic carbocycles. The second-order valence-electron chi connectivity index (χ2n) is 3.45. The molecule has 1 heterocycles. The van der Waals surface area contributed by atoms with Crippen molar-refractivity contribution in [2.24, 2.45) is 0 Å². The van der Waals surface area contributed by atoms with E-state index in [1.54, 1.807) is 6.92 Å². The minimum Gasteiger partial charge on any atom is -0.346 e. The van der Waals surface area contributed by atoms with Crippen LogP contribution in [0.2, 0.25) is 0 Å². The van der Waals surface area contributed by atoms with Crippen molar-refractivity contribution < 1.29 is 4.79 Å². The lowest BCUT2D eigenvalue weighted by atomic mass is 10.3. The van der Waals surface area contributed by atoms with Gasteiger partial charge in [0.05, 0.1) is 0 Å². The summed E-state index contributed by atoms with van der Waals surface area (Å²) in [6, 6.07) is 0.422. The van der Waals surface area contributed by atoms with Crippen LogP contribution in [-0.4, -0.2) is 23.4 Å². The molecule has 0 atom stereocenters. The van der Waals surface area contributed by atoms with E-state index >= 15 is 0 Å². The highest BCUT2D eigenvalue weighted by atomic mass is 32.1. The summed E-state index contributed by atoms with van der Waals surface area (Å²) in [6.45, 7) is 8.80. The topological polar surface area (TPSA) is 33.2 Å². The molecule has 0 saturated heterocycles. The molecule has 0 fully saturated rings. The zero-order valence-corrected chi connectivity index (χ0v) is 9.89. The third-order valence-corrected chi connectivity index (χ3v) is 2.94. The number of anilines is 1. The van der Waals surface area contributed by atoms with E-state index in [0.29, 0.717) is 11.7 Å². The van der Waals surface area contributed by atoms with Gasteiger partial charge in [0.15, 0.2) is 10.9 Å². The molecule has 1 aromatic rings. The number of carbonyl (C=O) groups is 1. The number of aromatic nitrogens is 1. The van der Waals surface area contributed by atoms with Crippen LogP contribution in [0.3, 0.4) is 0 Å². The standard InChI is InChI=1S/C10H16N2OS/c1-5-12(7(2)3)10-11-9(6-14-10)8(4)13/h6-7H,5H2,1-4H3. The van der Waals surface area contributed by atoms with Gasteiger partial charge in [-0.1, -0.05) is 0 Å². The molecule has 0 saturated carbocycles. The van der Waals surface area contributed by atoms with E-state index in [9.17, 15) is 4.79 Å². The maximum Gasteiger partial charge on any atom is 0.186 e. The first kappa shape index (κ1) is 11.2. The lowest BCUT2D eigenvalue weighted by Gasteiger charge is -2.23. The third-order valence-electron chi connectivity index (χ3n) is 2.06. The van der Waals surface area contributed by atoms with Crippen molar-refractivity contribution in [1.82, 2.24) is 4.98 Å². The van der Waals surface area contributed by atoms with Gasteiger partial charge in [0, 0.05) is 24.9 Å². The Morgan fingerprint density at radius 1 is 1.64 bits per heavy atom. The zero-order chi connectivity index (χ0) is 10.7. The maximum atomic E-state index is 11.1. The quantitative estimate of drug-likeness (QED) is 0.719. The first-order valence-electron chi connectivity index (χ1n) is 4.79. The molecule has 1 rings (SSSR count). The van der Waals surface area contributed by atoms with Crippen molar-refractivity contribution in [1.29, 1.82) is 0 Å². The van der Waals surface area contributed by atoms with Gasteiger partial charge in [-0.2, -0.15) is 0 Å². The fourth-order valence-corrected chi connectivity index (χ4v) is 2.34. The number of nitrogens with zero attached hydrogens (tertiary/aromatic N) is 2. The Kier molecular flexibility index (Phi) is 3.63. The predicted molar refractivity (Wildman–Crippen MR) is 60.3 cm³/mol. The molecule has 0 N–H and O–H groups in total. The molecular weight excluding hydrogens is 196 g/mol. The lowest BCUT2D eigenvalue weighted by Crippen LogP contribution is -2.30. The van der Waals surface area contributed by atoms with Crippen LogP contribution in [-0.2, 0) is 0 Å². The summed E-state index contributed by atoms with van der Waals surface area (Å²) in [5, 5.41) is 2.76. The van der Waals surface area contributed by atoms with Crippen LogP contribution in [0, 0.1) is 0 Å². The number of carbonyl (C=O) groups excluding carboxylic acids is 1. The van der Waals surface area contributed by atoms with E-state index in [1.165, 1.54) is 11.3 Å². The molecular formula is C10H16N2OS. The van der Waals surface area contributed by atoms with Crippen molar-refractivity contribution in [3.05, 3.63) is 11.1 Å². The van der Waals surface area contributed by atoms with E-state index < -0.39 is 0 Å². The van der Waals surface area contributed by atoms with E-state index in [-0.39, 0.29) is 5.78 Å². The van der Waals surface area contributed by atoms with E-state index in [0.717, 1.165) is 11.7 Å². The fourth-order valence-electron chi connectivity index (χ4n) is 1.28. The average molecular weight is 212 g/mol. The highest BCUT2D eigenvalue weighted by Crippen LogP contribution is 2.22. The SMILES string of the molecule is CCN(c1nc(C(C)=O)cs1)C(C)C. The smallest absolute Gasteiger partial charge is 0.186 e. The van der Waals surface area contributed by atoms with Gasteiger partial charge in [-0.25, -0.2) is 4.98 Å². The summed E-state index contributed by atoms with van der Waals surface area (Å²) in [5.74, 6) is 0.0345. The van der Waals surface area contributed by atoms with Crippen LogP contribution < -0.4 is 4.90 Å². The van der Waals surface area contributed by atoms with Gasteiger partial charge in [-0.05, 0) is 20.8 Å². The molecule has 0 spiro atoms. The largest absolute Gasteiger partial charge is 0.346 e. The number of ketones is 1. The van der Waals surface area contributed by atoms with Crippen LogP contribution >= 0.6 is 11.3 Å². The summed E-state index contributed by atoms with van der Waals surface area (Å²) in [7, 11) is 0. The van der Waals surface area contributed by atoms with Crippen molar-refractivity contribution >= 4 is 22.3 Å². The molecule has 0 aliphatic rings. The van der Waals surface area contributed by atoms with Crippen molar-refractivity contribution in [2.75, 3.05) is 11.4 Å². The number of hydrogen-bond acceptors (Lipinski definition) is 4. The molecule has 14 heavy (non-hydrogen) atoms. The summed E-state index contributed by atoms with van der Waals surface area (Å²) in [6.07, 6.45) is 0. The van der Waals surface area contributed by atoms with Gasteiger partial charge in [-0.3, -0.25) is 4.79 Å². The molecule has 4 heteroatoms. The lowest BCUT2D eigenvalue weighted by molar-refractivity contribution is 0.101. The Balaban J connectivity index is 2.89. The monoisotopic (exact) mass is 212 g/mol. The number of Topliss-reactive ketones (excluding diaryl/α,β-unsaturated/α-hetero) is 1. The number of hydrogen-bond donors (Lipinski definition) is 0. The predicted octanol–water partition coefficient (Wildman–Crippen LogP) is 2.58. The van der Waals surface area contributed by atoms with Gasteiger partial charge >= 0.3 is 0 Å². The Labute approximate surface area is 88.8 Å². The van der Waals surface area contributed by atoms with Crippen LogP contribution in [0.1, 0.15) is 38.2 Å². The zero-order valence-electron chi connectivity index (χ0n) is 9.07. The average Bonchev–Trinajstić information content (AvgIpc) is 2.53. The van der Waals surface area contributed by atoms with Gasteiger partial charge in [-0.15, -0.1) is 11.3 Å². The van der Waals surface area contributed by atoms with Crippen molar-refractivity contribution in [3.63, 3.8) is 0 Å². The Bertz CT molecular complexity index is 320. The molecule has 0 unspecified atom stereocenters. The third kappa shape index (κ3) is 2.32. The second kappa shape index (κ2) is 4.55. The molecule has 78 valence electrons. The van der Waals surface area contributed by atoms with Crippen LogP contribution in [0.5, 0.6) is 0 Å². The molecule has 0 aromatic carbocycles. The molecule has 1 aromatic heterocycles. The van der Waals surface area contributed by atoms with E-state index in [1.807, 2.05) is 5.38 Å². The number of thiazole rings is 1. The highest BCUT2D eigenvalue weighted by Gasteiger charge is 2.13. The van der Waals surface area contributed by atoms with Crippen molar-refractivity contribution in [2.45, 2.75) is 33.7 Å². The Morgan fingerprint density at radius 3 is 2.64 bits per heavy atom. The number of rotatable bonds is 4. The van der Waals surface area contributed by atoms with Gasteiger partial charge in [0.25, 0.3) is 0 Å². The summed E-state index contributed by atoms with van der Waals surface area (Å²) in [5.41, 5.74) is 0.573. The van der Waals surface area contributed by atoms with Crippen LogP contribution in [0.4, 0.5) is 5.13 Å². The fraction of sp³-hybridized carbons (Fsp3) is 0.600. The molecule has 0 amide bonds. The summed E-state index contributed by atoms with van der Waals surface area (Å²) < 4.78 is 0. The first-order valence-corrected chi connectivity index (χ1v) is 5.67. The van der Waals surface area contributed by atoms with Crippen molar-refractivity contribution in [3.8, 4) is 0 Å². The summed E-state index contributed by atoms with van der Waals surface area (Å²) >= 11 is 1.53. The molecule has 0 bridgehead atoms. The Morgan fingerprint density at radius 2 is 2.29 bits per heavy atom. The molecule has 0 radical (unpaired) electrons. The molecule has 0 aliphatic heterocycles. The summed E-state index contributed by atoms with van der Waals surface area (Å²) in [4.78, 5) is 17.5. The van der Waals surface area contributed by atoms with Crippen LogP contribution in [0.25, 0.3) is 0 Å². The second-order valence-corrected chi connectivity index (χ2v) is 4.29. The van der Waals surface area contributed by atoms with Gasteiger partial charge < -0.3 is 4.90 Å². The maximum absolute atomic E-state index is 11.1.